The fraction of sp³-hybridized carbons (Fsp3) is 0.474. The van der Waals surface area contributed by atoms with E-state index in [0.29, 0.717) is 6.42 Å². The van der Waals surface area contributed by atoms with Gasteiger partial charge in [-0.2, -0.15) is 0 Å². The van der Waals surface area contributed by atoms with E-state index in [1.54, 1.807) is 11.3 Å². The SMILES string of the molecule is Cc1nc(CC(=O)Nc2ccc(CN3CCC(C)CC3)cc2)cs1. The summed E-state index contributed by atoms with van der Waals surface area (Å²) in [6.07, 6.45) is 2.92. The van der Waals surface area contributed by atoms with Gasteiger partial charge in [-0.05, 0) is 56.5 Å². The number of aryl methyl sites for hydroxylation is 1. The molecule has 128 valence electrons. The molecule has 1 aliphatic rings. The molecule has 1 saturated heterocycles. The standard InChI is InChI=1S/C19H25N3OS/c1-14-7-9-22(10-8-14)12-16-3-5-17(6-4-16)21-19(23)11-18-13-24-15(2)20-18/h3-6,13-14H,7-12H2,1-2H3,(H,21,23). The van der Waals surface area contributed by atoms with Gasteiger partial charge in [-0.1, -0.05) is 19.1 Å². The zero-order valence-corrected chi connectivity index (χ0v) is 15.2. The Morgan fingerprint density at radius 1 is 1.29 bits per heavy atom. The molecule has 1 fully saturated rings. The first-order valence-corrected chi connectivity index (χ1v) is 9.48. The third-order valence-electron chi connectivity index (χ3n) is 4.53. The van der Waals surface area contributed by atoms with E-state index in [4.69, 9.17) is 0 Å². The molecule has 1 N–H and O–H groups in total. The van der Waals surface area contributed by atoms with Crippen molar-refractivity contribution in [1.82, 2.24) is 9.88 Å². The lowest BCUT2D eigenvalue weighted by Gasteiger charge is -2.30. The first-order valence-electron chi connectivity index (χ1n) is 8.60. The Hall–Kier alpha value is -1.72. The molecule has 1 aromatic heterocycles. The zero-order valence-electron chi connectivity index (χ0n) is 14.4. The number of nitrogens with zero attached hydrogens (tertiary/aromatic N) is 2. The van der Waals surface area contributed by atoms with Gasteiger partial charge in [0.1, 0.15) is 0 Å². The molecule has 3 rings (SSSR count). The molecule has 0 radical (unpaired) electrons. The van der Waals surface area contributed by atoms with E-state index in [9.17, 15) is 4.79 Å². The van der Waals surface area contributed by atoms with Crippen LogP contribution in [0, 0.1) is 12.8 Å². The number of carbonyl (C=O) groups excluding carboxylic acids is 1. The summed E-state index contributed by atoms with van der Waals surface area (Å²) in [5, 5.41) is 5.89. The molecule has 1 aliphatic heterocycles. The number of thiazole rings is 1. The van der Waals surface area contributed by atoms with Crippen molar-refractivity contribution in [1.29, 1.82) is 0 Å². The summed E-state index contributed by atoms with van der Waals surface area (Å²) in [6, 6.07) is 8.21. The highest BCUT2D eigenvalue weighted by molar-refractivity contribution is 7.09. The summed E-state index contributed by atoms with van der Waals surface area (Å²) < 4.78 is 0. The van der Waals surface area contributed by atoms with Crippen molar-refractivity contribution in [3.63, 3.8) is 0 Å². The van der Waals surface area contributed by atoms with E-state index < -0.39 is 0 Å². The lowest BCUT2D eigenvalue weighted by Crippen LogP contribution is -2.32. The predicted molar refractivity (Wildman–Crippen MR) is 99.3 cm³/mol. The van der Waals surface area contributed by atoms with Crippen LogP contribution in [0.4, 0.5) is 5.69 Å². The summed E-state index contributed by atoms with van der Waals surface area (Å²) in [6.45, 7) is 7.66. The molecule has 0 bridgehead atoms. The second kappa shape index (κ2) is 7.90. The van der Waals surface area contributed by atoms with Crippen molar-refractivity contribution in [3.8, 4) is 0 Å². The number of benzene rings is 1. The quantitative estimate of drug-likeness (QED) is 0.896. The molecule has 2 heterocycles. The van der Waals surface area contributed by atoms with Crippen molar-refractivity contribution >= 4 is 22.9 Å². The Labute approximate surface area is 147 Å². The molecule has 5 heteroatoms. The van der Waals surface area contributed by atoms with Crippen molar-refractivity contribution in [3.05, 3.63) is 45.9 Å². The van der Waals surface area contributed by atoms with Crippen molar-refractivity contribution in [2.45, 2.75) is 39.7 Å². The number of amides is 1. The summed E-state index contributed by atoms with van der Waals surface area (Å²) in [7, 11) is 0. The molecular weight excluding hydrogens is 318 g/mol. The van der Waals surface area contributed by atoms with Gasteiger partial charge in [-0.3, -0.25) is 9.69 Å². The summed E-state index contributed by atoms with van der Waals surface area (Å²) in [5.74, 6) is 0.846. The summed E-state index contributed by atoms with van der Waals surface area (Å²) in [4.78, 5) is 18.9. The number of anilines is 1. The largest absolute Gasteiger partial charge is 0.326 e. The molecule has 1 aromatic carbocycles. The lowest BCUT2D eigenvalue weighted by molar-refractivity contribution is -0.115. The molecule has 24 heavy (non-hydrogen) atoms. The fourth-order valence-electron chi connectivity index (χ4n) is 3.03. The van der Waals surface area contributed by atoms with Crippen LogP contribution in [-0.4, -0.2) is 28.9 Å². The number of likely N-dealkylation sites (tertiary alicyclic amines) is 1. The molecular formula is C19H25N3OS. The normalized spacial score (nSPS) is 16.2. The molecule has 0 spiro atoms. The minimum atomic E-state index is -0.0157. The Kier molecular flexibility index (Phi) is 5.63. The van der Waals surface area contributed by atoms with Crippen LogP contribution in [-0.2, 0) is 17.8 Å². The molecule has 4 nitrogen and oxygen atoms in total. The van der Waals surface area contributed by atoms with E-state index in [2.05, 4.69) is 34.3 Å². The van der Waals surface area contributed by atoms with Gasteiger partial charge in [-0.25, -0.2) is 4.98 Å². The van der Waals surface area contributed by atoms with Crippen molar-refractivity contribution in [2.24, 2.45) is 5.92 Å². The van der Waals surface area contributed by atoms with Crippen LogP contribution in [0.15, 0.2) is 29.6 Å². The number of aromatic nitrogens is 1. The monoisotopic (exact) mass is 343 g/mol. The first kappa shape index (κ1) is 17.1. The van der Waals surface area contributed by atoms with Gasteiger partial charge in [0.25, 0.3) is 0 Å². The van der Waals surface area contributed by atoms with E-state index in [0.717, 1.165) is 28.9 Å². The van der Waals surface area contributed by atoms with E-state index in [1.165, 1.54) is 31.5 Å². The van der Waals surface area contributed by atoms with Gasteiger partial charge in [0, 0.05) is 17.6 Å². The van der Waals surface area contributed by atoms with Gasteiger partial charge >= 0.3 is 0 Å². The third-order valence-corrected chi connectivity index (χ3v) is 5.35. The van der Waals surface area contributed by atoms with Gasteiger partial charge in [-0.15, -0.1) is 11.3 Å². The maximum atomic E-state index is 12.1. The first-order chi connectivity index (χ1) is 11.6. The lowest BCUT2D eigenvalue weighted by atomic mass is 9.99. The average Bonchev–Trinajstić information content (AvgIpc) is 2.96. The van der Waals surface area contributed by atoms with E-state index >= 15 is 0 Å². The van der Waals surface area contributed by atoms with Gasteiger partial charge < -0.3 is 5.32 Å². The number of carbonyl (C=O) groups is 1. The molecule has 0 unspecified atom stereocenters. The van der Waals surface area contributed by atoms with Crippen LogP contribution in [0.2, 0.25) is 0 Å². The summed E-state index contributed by atoms with van der Waals surface area (Å²) in [5.41, 5.74) is 2.99. The maximum Gasteiger partial charge on any atom is 0.230 e. The third kappa shape index (κ3) is 4.89. The van der Waals surface area contributed by atoms with Gasteiger partial charge in [0.15, 0.2) is 0 Å². The zero-order chi connectivity index (χ0) is 16.9. The summed E-state index contributed by atoms with van der Waals surface area (Å²) >= 11 is 1.58. The van der Waals surface area contributed by atoms with Gasteiger partial charge in [0.05, 0.1) is 17.1 Å². The highest BCUT2D eigenvalue weighted by atomic mass is 32.1. The second-order valence-corrected chi connectivity index (χ2v) is 7.80. The Morgan fingerprint density at radius 2 is 2.00 bits per heavy atom. The highest BCUT2D eigenvalue weighted by Gasteiger charge is 2.15. The minimum absolute atomic E-state index is 0.0157. The molecule has 0 atom stereocenters. The molecule has 1 amide bonds. The van der Waals surface area contributed by atoms with Crippen molar-refractivity contribution in [2.75, 3.05) is 18.4 Å². The Morgan fingerprint density at radius 3 is 2.62 bits per heavy atom. The molecule has 2 aromatic rings. The number of hydrogen-bond acceptors (Lipinski definition) is 4. The van der Waals surface area contributed by atoms with Crippen molar-refractivity contribution < 1.29 is 4.79 Å². The minimum Gasteiger partial charge on any atom is -0.326 e. The molecule has 0 aliphatic carbocycles. The number of rotatable bonds is 5. The topological polar surface area (TPSA) is 45.2 Å². The Bertz CT molecular complexity index is 672. The van der Waals surface area contributed by atoms with Crippen LogP contribution in [0.25, 0.3) is 0 Å². The van der Waals surface area contributed by atoms with Crippen LogP contribution >= 0.6 is 11.3 Å². The van der Waals surface area contributed by atoms with Crippen LogP contribution in [0.3, 0.4) is 0 Å². The average molecular weight is 343 g/mol. The Balaban J connectivity index is 1.49. The highest BCUT2D eigenvalue weighted by Crippen LogP contribution is 2.19. The smallest absolute Gasteiger partial charge is 0.230 e. The molecule has 0 saturated carbocycles. The van der Waals surface area contributed by atoms with E-state index in [1.807, 2.05) is 24.4 Å². The van der Waals surface area contributed by atoms with Crippen LogP contribution in [0.1, 0.15) is 36.0 Å². The fourth-order valence-corrected chi connectivity index (χ4v) is 3.64. The maximum absolute atomic E-state index is 12.1. The van der Waals surface area contributed by atoms with Crippen LogP contribution < -0.4 is 5.32 Å². The number of nitrogens with one attached hydrogen (secondary N) is 1. The second-order valence-electron chi connectivity index (χ2n) is 6.74. The van der Waals surface area contributed by atoms with Crippen LogP contribution in [0.5, 0.6) is 0 Å². The van der Waals surface area contributed by atoms with Gasteiger partial charge in [0.2, 0.25) is 5.91 Å². The number of piperidine rings is 1. The predicted octanol–water partition coefficient (Wildman–Crippen LogP) is 3.86. The van der Waals surface area contributed by atoms with E-state index in [-0.39, 0.29) is 5.91 Å². The number of hydrogen-bond donors (Lipinski definition) is 1.